The summed E-state index contributed by atoms with van der Waals surface area (Å²) >= 11 is 0. The van der Waals surface area contributed by atoms with Gasteiger partial charge in [0.1, 0.15) is 9.84 Å². The van der Waals surface area contributed by atoms with E-state index in [1.807, 2.05) is 0 Å². The number of sulfone groups is 1. The van der Waals surface area contributed by atoms with Gasteiger partial charge in [-0.2, -0.15) is 0 Å². The Labute approximate surface area is 119 Å². The van der Waals surface area contributed by atoms with Gasteiger partial charge in [0.05, 0.1) is 5.75 Å². The van der Waals surface area contributed by atoms with Gasteiger partial charge in [-0.1, -0.05) is 27.2 Å². The van der Waals surface area contributed by atoms with Crippen molar-refractivity contribution in [3.05, 3.63) is 0 Å². The Bertz CT molecular complexity index is 340. The molecule has 114 valence electrons. The van der Waals surface area contributed by atoms with Gasteiger partial charge in [-0.3, -0.25) is 0 Å². The minimum atomic E-state index is -2.80. The van der Waals surface area contributed by atoms with Gasteiger partial charge < -0.3 is 5.32 Å². The molecule has 0 saturated heterocycles. The highest BCUT2D eigenvalue weighted by molar-refractivity contribution is 7.91. The lowest BCUT2D eigenvalue weighted by molar-refractivity contribution is 0.331. The molecule has 0 aliphatic heterocycles. The molecule has 0 heterocycles. The van der Waals surface area contributed by atoms with Crippen LogP contribution < -0.4 is 5.32 Å². The molecule has 0 spiro atoms. The summed E-state index contributed by atoms with van der Waals surface area (Å²) in [7, 11) is -2.80. The minimum absolute atomic E-state index is 0.278. The minimum Gasteiger partial charge on any atom is -0.314 e. The summed E-state index contributed by atoms with van der Waals surface area (Å²) in [6.45, 7) is 7.30. The second-order valence-electron chi connectivity index (χ2n) is 6.12. The highest BCUT2D eigenvalue weighted by Crippen LogP contribution is 2.34. The van der Waals surface area contributed by atoms with Crippen LogP contribution in [0.25, 0.3) is 0 Å². The fraction of sp³-hybridized carbons (Fsp3) is 1.00. The van der Waals surface area contributed by atoms with E-state index in [1.165, 1.54) is 19.3 Å². The van der Waals surface area contributed by atoms with Gasteiger partial charge in [0.15, 0.2) is 0 Å². The quantitative estimate of drug-likeness (QED) is 0.710. The molecule has 3 unspecified atom stereocenters. The third kappa shape index (κ3) is 6.26. The third-order valence-corrected chi connectivity index (χ3v) is 6.16. The maximum atomic E-state index is 11.5. The summed E-state index contributed by atoms with van der Waals surface area (Å²) in [4.78, 5) is 0. The third-order valence-electron chi connectivity index (χ3n) is 4.37. The summed E-state index contributed by atoms with van der Waals surface area (Å²) < 4.78 is 23.1. The molecule has 0 aromatic rings. The molecule has 0 aromatic heterocycles. The van der Waals surface area contributed by atoms with Crippen LogP contribution in [0.1, 0.15) is 59.3 Å². The Morgan fingerprint density at radius 1 is 1.26 bits per heavy atom. The number of nitrogens with one attached hydrogen (secondary N) is 1. The van der Waals surface area contributed by atoms with Crippen molar-refractivity contribution in [1.29, 1.82) is 0 Å². The monoisotopic (exact) mass is 289 g/mol. The Balaban J connectivity index is 2.41. The van der Waals surface area contributed by atoms with E-state index >= 15 is 0 Å². The van der Waals surface area contributed by atoms with Gasteiger partial charge in [-0.15, -0.1) is 0 Å². The first kappa shape index (κ1) is 17.0. The van der Waals surface area contributed by atoms with E-state index in [9.17, 15) is 8.42 Å². The molecule has 0 aromatic carbocycles. The maximum Gasteiger partial charge on any atom is 0.150 e. The average Bonchev–Trinajstić information content (AvgIpc) is 2.80. The first-order valence-electron chi connectivity index (χ1n) is 7.92. The van der Waals surface area contributed by atoms with Crippen LogP contribution in [0.4, 0.5) is 0 Å². The van der Waals surface area contributed by atoms with Crippen LogP contribution >= 0.6 is 0 Å². The van der Waals surface area contributed by atoms with E-state index < -0.39 is 9.84 Å². The molecule has 1 rings (SSSR count). The Kier molecular flexibility index (Phi) is 7.37. The summed E-state index contributed by atoms with van der Waals surface area (Å²) in [5, 5.41) is 3.64. The van der Waals surface area contributed by atoms with Gasteiger partial charge in [0, 0.05) is 11.8 Å². The largest absolute Gasteiger partial charge is 0.314 e. The van der Waals surface area contributed by atoms with Crippen LogP contribution in [0.5, 0.6) is 0 Å². The van der Waals surface area contributed by atoms with E-state index in [2.05, 4.69) is 19.2 Å². The van der Waals surface area contributed by atoms with Gasteiger partial charge >= 0.3 is 0 Å². The van der Waals surface area contributed by atoms with Gasteiger partial charge in [-0.25, -0.2) is 8.42 Å². The van der Waals surface area contributed by atoms with Gasteiger partial charge in [-0.05, 0) is 50.5 Å². The molecule has 0 amide bonds. The average molecular weight is 289 g/mol. The summed E-state index contributed by atoms with van der Waals surface area (Å²) in [6.07, 6.45) is 6.91. The van der Waals surface area contributed by atoms with E-state index in [0.29, 0.717) is 11.8 Å². The predicted molar refractivity (Wildman–Crippen MR) is 82.1 cm³/mol. The second kappa shape index (κ2) is 8.25. The van der Waals surface area contributed by atoms with Crippen molar-refractivity contribution in [3.8, 4) is 0 Å². The second-order valence-corrected chi connectivity index (χ2v) is 8.59. The molecule has 0 bridgehead atoms. The van der Waals surface area contributed by atoms with Crippen LogP contribution in [-0.4, -0.2) is 32.5 Å². The SMILES string of the molecule is CCCNC(CCCS(=O)(=O)CC)C1CCC(C)C1. The first-order chi connectivity index (χ1) is 8.98. The van der Waals surface area contributed by atoms with Crippen molar-refractivity contribution in [2.75, 3.05) is 18.1 Å². The first-order valence-corrected chi connectivity index (χ1v) is 9.74. The highest BCUT2D eigenvalue weighted by atomic mass is 32.2. The smallest absolute Gasteiger partial charge is 0.150 e. The molecule has 1 saturated carbocycles. The Hall–Kier alpha value is -0.0900. The number of hydrogen-bond donors (Lipinski definition) is 1. The van der Waals surface area contributed by atoms with Crippen molar-refractivity contribution < 1.29 is 8.42 Å². The lowest BCUT2D eigenvalue weighted by atomic mass is 9.93. The molecule has 0 radical (unpaired) electrons. The molecule has 4 heteroatoms. The van der Waals surface area contributed by atoms with Crippen molar-refractivity contribution in [2.24, 2.45) is 11.8 Å². The molecular weight excluding hydrogens is 258 g/mol. The molecule has 1 fully saturated rings. The Morgan fingerprint density at radius 3 is 2.53 bits per heavy atom. The molecule has 1 N–H and O–H groups in total. The summed E-state index contributed by atoms with van der Waals surface area (Å²) in [6, 6.07) is 0.525. The van der Waals surface area contributed by atoms with E-state index in [0.717, 1.165) is 37.6 Å². The molecule has 3 nitrogen and oxygen atoms in total. The van der Waals surface area contributed by atoms with Crippen LogP contribution in [0.3, 0.4) is 0 Å². The lowest BCUT2D eigenvalue weighted by Crippen LogP contribution is -2.36. The van der Waals surface area contributed by atoms with Crippen LogP contribution in [0, 0.1) is 11.8 Å². The van der Waals surface area contributed by atoms with Gasteiger partial charge in [0.25, 0.3) is 0 Å². The summed E-state index contributed by atoms with van der Waals surface area (Å²) in [5.41, 5.74) is 0. The van der Waals surface area contributed by atoms with Crippen molar-refractivity contribution in [2.45, 2.75) is 65.3 Å². The molecule has 1 aliphatic carbocycles. The summed E-state index contributed by atoms with van der Waals surface area (Å²) in [5.74, 6) is 2.23. The molecule has 19 heavy (non-hydrogen) atoms. The predicted octanol–water partition coefficient (Wildman–Crippen LogP) is 3.01. The zero-order chi connectivity index (χ0) is 14.3. The fourth-order valence-electron chi connectivity index (χ4n) is 3.12. The highest BCUT2D eigenvalue weighted by Gasteiger charge is 2.28. The molecular formula is C15H31NO2S. The van der Waals surface area contributed by atoms with E-state index in [-0.39, 0.29) is 5.75 Å². The zero-order valence-electron chi connectivity index (χ0n) is 12.8. The standard InChI is InChI=1S/C15H31NO2S/c1-4-10-16-15(14-9-8-13(3)12-14)7-6-11-19(17,18)5-2/h13-16H,4-12H2,1-3H3. The van der Waals surface area contributed by atoms with E-state index in [1.54, 1.807) is 6.92 Å². The molecule has 1 aliphatic rings. The van der Waals surface area contributed by atoms with Crippen molar-refractivity contribution in [3.63, 3.8) is 0 Å². The number of rotatable bonds is 9. The van der Waals surface area contributed by atoms with Crippen molar-refractivity contribution >= 4 is 9.84 Å². The fourth-order valence-corrected chi connectivity index (χ4v) is 4.01. The van der Waals surface area contributed by atoms with Crippen LogP contribution in [-0.2, 0) is 9.84 Å². The maximum absolute atomic E-state index is 11.5. The van der Waals surface area contributed by atoms with E-state index in [4.69, 9.17) is 0 Å². The van der Waals surface area contributed by atoms with Crippen molar-refractivity contribution in [1.82, 2.24) is 5.32 Å². The zero-order valence-corrected chi connectivity index (χ0v) is 13.6. The molecule has 3 atom stereocenters. The van der Waals surface area contributed by atoms with Crippen LogP contribution in [0.2, 0.25) is 0 Å². The normalized spacial score (nSPS) is 25.6. The topological polar surface area (TPSA) is 46.2 Å². The van der Waals surface area contributed by atoms with Crippen LogP contribution in [0.15, 0.2) is 0 Å². The number of hydrogen-bond acceptors (Lipinski definition) is 3. The lowest BCUT2D eigenvalue weighted by Gasteiger charge is -2.25. The van der Waals surface area contributed by atoms with Gasteiger partial charge in [0.2, 0.25) is 0 Å². The Morgan fingerprint density at radius 2 is 2.00 bits per heavy atom.